The van der Waals surface area contributed by atoms with E-state index in [0.717, 1.165) is 11.1 Å². The molecule has 0 saturated carbocycles. The zero-order valence-electron chi connectivity index (χ0n) is 14.4. The van der Waals surface area contributed by atoms with E-state index in [1.54, 1.807) is 18.2 Å². The molecule has 0 aliphatic heterocycles. The van der Waals surface area contributed by atoms with Gasteiger partial charge in [0.1, 0.15) is 18.4 Å². The minimum Gasteiger partial charge on any atom is -0.508 e. The number of nitrogens with one attached hydrogen (secondary N) is 2. The van der Waals surface area contributed by atoms with Crippen LogP contribution in [0.1, 0.15) is 11.1 Å². The number of phenolic OH excluding ortho intramolecular Hbond substituents is 1. The lowest BCUT2D eigenvalue weighted by Gasteiger charge is -2.18. The fourth-order valence-corrected chi connectivity index (χ4v) is 2.28. The summed E-state index contributed by atoms with van der Waals surface area (Å²) in [5.41, 5.74) is 1.65. The quantitative estimate of drug-likeness (QED) is 0.636. The van der Waals surface area contributed by atoms with Crippen molar-refractivity contribution in [3.8, 4) is 5.75 Å². The van der Waals surface area contributed by atoms with Crippen molar-refractivity contribution in [2.24, 2.45) is 0 Å². The molecule has 1 atom stereocenters. The van der Waals surface area contributed by atoms with E-state index in [4.69, 9.17) is 4.74 Å². The van der Waals surface area contributed by atoms with Crippen LogP contribution in [0.3, 0.4) is 0 Å². The molecule has 0 fully saturated rings. The molecule has 0 saturated heterocycles. The number of benzene rings is 2. The maximum atomic E-state index is 12.3. The first-order valence-electron chi connectivity index (χ1n) is 8.22. The predicted molar refractivity (Wildman–Crippen MR) is 98.6 cm³/mol. The number of amides is 2. The van der Waals surface area contributed by atoms with Crippen LogP contribution in [-0.2, 0) is 22.6 Å². The van der Waals surface area contributed by atoms with E-state index in [2.05, 4.69) is 17.2 Å². The van der Waals surface area contributed by atoms with Crippen LogP contribution >= 0.6 is 0 Å². The number of ether oxygens (including phenoxy) is 1. The van der Waals surface area contributed by atoms with Crippen molar-refractivity contribution >= 4 is 12.0 Å². The molecule has 0 heterocycles. The molecule has 6 heteroatoms. The molecule has 3 N–H and O–H groups in total. The van der Waals surface area contributed by atoms with Crippen molar-refractivity contribution in [2.75, 3.05) is 6.54 Å². The third-order valence-electron chi connectivity index (χ3n) is 3.62. The van der Waals surface area contributed by atoms with Crippen LogP contribution < -0.4 is 10.6 Å². The summed E-state index contributed by atoms with van der Waals surface area (Å²) in [4.78, 5) is 24.4. The minimum atomic E-state index is -0.803. The number of carbonyl (C=O) groups excluding carboxylic acids is 2. The molecule has 6 nitrogen and oxygen atoms in total. The molecule has 0 radical (unpaired) electrons. The first-order valence-corrected chi connectivity index (χ1v) is 8.22. The summed E-state index contributed by atoms with van der Waals surface area (Å²) in [5.74, 6) is -0.203. The Morgan fingerprint density at radius 1 is 1.08 bits per heavy atom. The Morgan fingerprint density at radius 3 is 2.42 bits per heavy atom. The van der Waals surface area contributed by atoms with Gasteiger partial charge in [-0.05, 0) is 23.3 Å². The van der Waals surface area contributed by atoms with Gasteiger partial charge in [-0.3, -0.25) is 4.79 Å². The van der Waals surface area contributed by atoms with Gasteiger partial charge in [0.2, 0.25) is 5.91 Å². The van der Waals surface area contributed by atoms with Gasteiger partial charge in [0.15, 0.2) is 0 Å². The number of aromatic hydroxyl groups is 1. The van der Waals surface area contributed by atoms with E-state index in [0.29, 0.717) is 6.54 Å². The highest BCUT2D eigenvalue weighted by Gasteiger charge is 2.21. The molecule has 2 aromatic rings. The Morgan fingerprint density at radius 2 is 1.77 bits per heavy atom. The molecule has 2 aromatic carbocycles. The molecule has 2 rings (SSSR count). The number of rotatable bonds is 8. The Hall–Kier alpha value is -3.28. The van der Waals surface area contributed by atoms with E-state index >= 15 is 0 Å². The smallest absolute Gasteiger partial charge is 0.408 e. The van der Waals surface area contributed by atoms with Crippen molar-refractivity contribution in [3.05, 3.63) is 78.4 Å². The monoisotopic (exact) mass is 354 g/mol. The lowest BCUT2D eigenvalue weighted by atomic mass is 10.1. The summed E-state index contributed by atoms with van der Waals surface area (Å²) < 4.78 is 5.18. The highest BCUT2D eigenvalue weighted by molar-refractivity contribution is 5.86. The van der Waals surface area contributed by atoms with Crippen LogP contribution in [0.15, 0.2) is 67.3 Å². The molecular weight excluding hydrogens is 332 g/mol. The van der Waals surface area contributed by atoms with Gasteiger partial charge >= 0.3 is 6.09 Å². The van der Waals surface area contributed by atoms with Gasteiger partial charge in [0.25, 0.3) is 0 Å². The Labute approximate surface area is 152 Å². The first-order chi connectivity index (χ1) is 12.6. The van der Waals surface area contributed by atoms with Crippen molar-refractivity contribution in [1.29, 1.82) is 0 Å². The summed E-state index contributed by atoms with van der Waals surface area (Å²) in [6.07, 6.45) is 1.15. The van der Waals surface area contributed by atoms with Gasteiger partial charge < -0.3 is 20.5 Å². The first kappa shape index (κ1) is 19.1. The Kier molecular flexibility index (Phi) is 7.24. The molecule has 0 spiro atoms. The predicted octanol–water partition coefficient (Wildman–Crippen LogP) is 2.53. The van der Waals surface area contributed by atoms with E-state index < -0.39 is 12.1 Å². The van der Waals surface area contributed by atoms with Crippen LogP contribution in [0, 0.1) is 0 Å². The Balaban J connectivity index is 1.97. The van der Waals surface area contributed by atoms with Crippen LogP contribution in [0.5, 0.6) is 5.75 Å². The molecular formula is C20H22N2O4. The fraction of sp³-hybridized carbons (Fsp3) is 0.200. The molecule has 136 valence electrons. The minimum absolute atomic E-state index is 0.118. The standard InChI is InChI=1S/C20H22N2O4/c1-2-12-21-19(24)18(13-15-8-10-17(23)11-9-15)22-20(25)26-14-16-6-4-3-5-7-16/h2-11,18,23H,1,12-14H2,(H,21,24)(H,22,25)/t18-/m0/s1. The lowest BCUT2D eigenvalue weighted by Crippen LogP contribution is -2.48. The van der Waals surface area contributed by atoms with Gasteiger partial charge in [0, 0.05) is 13.0 Å². The van der Waals surface area contributed by atoms with Crippen molar-refractivity contribution in [3.63, 3.8) is 0 Å². The summed E-state index contributed by atoms with van der Waals surface area (Å²) in [7, 11) is 0. The van der Waals surface area contributed by atoms with Gasteiger partial charge in [-0.15, -0.1) is 6.58 Å². The largest absolute Gasteiger partial charge is 0.508 e. The number of phenols is 1. The van der Waals surface area contributed by atoms with Crippen LogP contribution in [0.4, 0.5) is 4.79 Å². The van der Waals surface area contributed by atoms with E-state index in [1.165, 1.54) is 12.1 Å². The second kappa shape index (κ2) is 9.88. The van der Waals surface area contributed by atoms with Crippen LogP contribution in [0.25, 0.3) is 0 Å². The number of hydrogen-bond donors (Lipinski definition) is 3. The lowest BCUT2D eigenvalue weighted by molar-refractivity contribution is -0.122. The van der Waals surface area contributed by atoms with E-state index in [1.807, 2.05) is 30.3 Å². The SMILES string of the molecule is C=CCNC(=O)[C@H](Cc1ccc(O)cc1)NC(=O)OCc1ccccc1. The van der Waals surface area contributed by atoms with Crippen LogP contribution in [0.2, 0.25) is 0 Å². The second-order valence-corrected chi connectivity index (χ2v) is 5.66. The molecule has 0 unspecified atom stereocenters. The maximum absolute atomic E-state index is 12.3. The fourth-order valence-electron chi connectivity index (χ4n) is 2.28. The molecule has 26 heavy (non-hydrogen) atoms. The average Bonchev–Trinajstić information content (AvgIpc) is 2.66. The third kappa shape index (κ3) is 6.32. The van der Waals surface area contributed by atoms with Crippen molar-refractivity contribution < 1.29 is 19.4 Å². The van der Waals surface area contributed by atoms with Gasteiger partial charge in [-0.25, -0.2) is 4.79 Å². The highest BCUT2D eigenvalue weighted by Crippen LogP contribution is 2.11. The summed E-state index contributed by atoms with van der Waals surface area (Å²) in [5, 5.41) is 14.6. The summed E-state index contributed by atoms with van der Waals surface area (Å²) >= 11 is 0. The van der Waals surface area contributed by atoms with Crippen molar-refractivity contribution in [2.45, 2.75) is 19.1 Å². The van der Waals surface area contributed by atoms with Gasteiger partial charge in [-0.2, -0.15) is 0 Å². The Bertz CT molecular complexity index is 729. The molecule has 0 aliphatic rings. The van der Waals surface area contributed by atoms with Crippen LogP contribution in [-0.4, -0.2) is 29.7 Å². The molecule has 0 aromatic heterocycles. The van der Waals surface area contributed by atoms with Crippen molar-refractivity contribution in [1.82, 2.24) is 10.6 Å². The maximum Gasteiger partial charge on any atom is 0.408 e. The number of alkyl carbamates (subject to hydrolysis) is 1. The summed E-state index contributed by atoms with van der Waals surface area (Å²) in [6.45, 7) is 3.97. The topological polar surface area (TPSA) is 87.7 Å². The molecule has 0 aliphatic carbocycles. The van der Waals surface area contributed by atoms with Gasteiger partial charge in [-0.1, -0.05) is 48.5 Å². The third-order valence-corrected chi connectivity index (χ3v) is 3.62. The zero-order chi connectivity index (χ0) is 18.8. The van der Waals surface area contributed by atoms with E-state index in [9.17, 15) is 14.7 Å². The normalized spacial score (nSPS) is 11.2. The second-order valence-electron chi connectivity index (χ2n) is 5.66. The summed E-state index contributed by atoms with van der Waals surface area (Å²) in [6, 6.07) is 14.9. The van der Waals surface area contributed by atoms with E-state index in [-0.39, 0.29) is 24.7 Å². The average molecular weight is 354 g/mol. The van der Waals surface area contributed by atoms with Gasteiger partial charge in [0.05, 0.1) is 0 Å². The number of hydrogen-bond acceptors (Lipinski definition) is 4. The number of carbonyl (C=O) groups is 2. The molecule has 0 bridgehead atoms. The molecule has 2 amide bonds. The highest BCUT2D eigenvalue weighted by atomic mass is 16.5. The zero-order valence-corrected chi connectivity index (χ0v) is 14.4.